The first-order chi connectivity index (χ1) is 10.7. The number of aromatic amines is 1. The van der Waals surface area contributed by atoms with Gasteiger partial charge in [0, 0.05) is 5.02 Å². The molecule has 0 aliphatic carbocycles. The minimum atomic E-state index is -4.52. The predicted molar refractivity (Wildman–Crippen MR) is 83.3 cm³/mol. The molecule has 2 N–H and O–H groups in total. The van der Waals surface area contributed by atoms with Gasteiger partial charge in [0.25, 0.3) is 0 Å². The fraction of sp³-hybridized carbons (Fsp3) is 0.0714. The molecular weight excluding hydrogens is 401 g/mol. The van der Waals surface area contributed by atoms with Crippen molar-refractivity contribution in [2.75, 3.05) is 0 Å². The number of nitrogens with zero attached hydrogens (tertiary/aromatic N) is 1. The number of hydrogen-bond donors (Lipinski definition) is 2. The van der Waals surface area contributed by atoms with Crippen molar-refractivity contribution < 1.29 is 18.3 Å². The van der Waals surface area contributed by atoms with Gasteiger partial charge in [0.1, 0.15) is 0 Å². The van der Waals surface area contributed by atoms with Crippen LogP contribution in [0, 0.1) is 0 Å². The summed E-state index contributed by atoms with van der Waals surface area (Å²) in [5, 5.41) is 10.4. The lowest BCUT2D eigenvalue weighted by atomic mass is 10.2. The first-order valence-electron chi connectivity index (χ1n) is 6.19. The third kappa shape index (κ3) is 2.72. The SMILES string of the molecule is O=c1[nH]c2cc(C(F)(F)F)ccc2n1-c1cc(Cl)cc(Br)c1O. The molecule has 4 nitrogen and oxygen atoms in total. The van der Waals surface area contributed by atoms with Crippen molar-refractivity contribution >= 4 is 38.6 Å². The molecule has 3 rings (SSSR count). The van der Waals surface area contributed by atoms with Crippen LogP contribution in [-0.4, -0.2) is 14.7 Å². The normalized spacial score (nSPS) is 12.0. The van der Waals surface area contributed by atoms with E-state index in [1.165, 1.54) is 12.1 Å². The second-order valence-electron chi connectivity index (χ2n) is 4.75. The topological polar surface area (TPSA) is 58.0 Å². The Hall–Kier alpha value is -1.93. The van der Waals surface area contributed by atoms with Crippen molar-refractivity contribution in [2.45, 2.75) is 6.18 Å². The maximum absolute atomic E-state index is 12.8. The quantitative estimate of drug-likeness (QED) is 0.626. The molecular formula is C14H7BrClF3N2O2. The zero-order valence-corrected chi connectivity index (χ0v) is 13.4. The third-order valence-corrected chi connectivity index (χ3v) is 4.08. The average Bonchev–Trinajstić information content (AvgIpc) is 2.76. The van der Waals surface area contributed by atoms with Crippen molar-refractivity contribution in [3.05, 3.63) is 55.9 Å². The number of H-pyrrole nitrogens is 1. The highest BCUT2D eigenvalue weighted by Gasteiger charge is 2.31. The highest BCUT2D eigenvalue weighted by atomic mass is 79.9. The van der Waals surface area contributed by atoms with E-state index >= 15 is 0 Å². The fourth-order valence-corrected chi connectivity index (χ4v) is 3.04. The summed E-state index contributed by atoms with van der Waals surface area (Å²) >= 11 is 9.01. The molecule has 3 aromatic rings. The van der Waals surface area contributed by atoms with Crippen LogP contribution >= 0.6 is 27.5 Å². The van der Waals surface area contributed by atoms with Crippen molar-refractivity contribution in [3.63, 3.8) is 0 Å². The van der Waals surface area contributed by atoms with E-state index in [2.05, 4.69) is 20.9 Å². The average molecular weight is 408 g/mol. The van der Waals surface area contributed by atoms with E-state index in [0.29, 0.717) is 0 Å². The van der Waals surface area contributed by atoms with Gasteiger partial charge in [0.2, 0.25) is 0 Å². The van der Waals surface area contributed by atoms with Crippen LogP contribution in [0.4, 0.5) is 13.2 Å². The molecule has 2 aromatic carbocycles. The van der Waals surface area contributed by atoms with Gasteiger partial charge in [-0.25, -0.2) is 4.79 Å². The van der Waals surface area contributed by atoms with E-state index in [1.807, 2.05) is 0 Å². The Morgan fingerprint density at radius 3 is 2.57 bits per heavy atom. The minimum Gasteiger partial charge on any atom is -0.505 e. The Morgan fingerprint density at radius 2 is 1.91 bits per heavy atom. The molecule has 0 amide bonds. The van der Waals surface area contributed by atoms with E-state index < -0.39 is 17.4 Å². The lowest BCUT2D eigenvalue weighted by Gasteiger charge is -2.09. The molecule has 0 unspecified atom stereocenters. The Labute approximate surface area is 140 Å². The van der Waals surface area contributed by atoms with Crippen LogP contribution in [0.2, 0.25) is 5.02 Å². The number of aromatic nitrogens is 2. The van der Waals surface area contributed by atoms with Crippen LogP contribution in [0.5, 0.6) is 5.75 Å². The molecule has 0 saturated heterocycles. The second-order valence-corrected chi connectivity index (χ2v) is 6.04. The van der Waals surface area contributed by atoms with E-state index in [-0.39, 0.29) is 32.0 Å². The molecule has 0 aliphatic rings. The molecule has 120 valence electrons. The molecule has 0 radical (unpaired) electrons. The molecule has 0 saturated carbocycles. The molecule has 0 bridgehead atoms. The van der Waals surface area contributed by atoms with Gasteiger partial charge in [0.05, 0.1) is 26.8 Å². The number of fused-ring (bicyclic) bond motifs is 1. The predicted octanol–water partition coefficient (Wildman–Crippen LogP) is 4.46. The largest absolute Gasteiger partial charge is 0.505 e. The zero-order valence-electron chi connectivity index (χ0n) is 11.1. The Morgan fingerprint density at radius 1 is 1.22 bits per heavy atom. The Kier molecular flexibility index (Phi) is 3.68. The zero-order chi connectivity index (χ0) is 16.9. The fourth-order valence-electron chi connectivity index (χ4n) is 2.25. The van der Waals surface area contributed by atoms with Crippen LogP contribution in [0.1, 0.15) is 5.56 Å². The van der Waals surface area contributed by atoms with Gasteiger partial charge in [0.15, 0.2) is 5.75 Å². The number of hydrogen-bond acceptors (Lipinski definition) is 2. The second kappa shape index (κ2) is 5.31. The number of imidazole rings is 1. The van der Waals surface area contributed by atoms with E-state index in [9.17, 15) is 23.1 Å². The van der Waals surface area contributed by atoms with Gasteiger partial charge in [-0.15, -0.1) is 0 Å². The molecule has 9 heteroatoms. The summed E-state index contributed by atoms with van der Waals surface area (Å²) in [6.45, 7) is 0. The van der Waals surface area contributed by atoms with E-state index in [1.54, 1.807) is 0 Å². The lowest BCUT2D eigenvalue weighted by molar-refractivity contribution is -0.137. The summed E-state index contributed by atoms with van der Waals surface area (Å²) < 4.78 is 39.6. The molecule has 0 atom stereocenters. The van der Waals surface area contributed by atoms with Crippen LogP contribution < -0.4 is 5.69 Å². The maximum atomic E-state index is 12.8. The summed E-state index contributed by atoms with van der Waals surface area (Å²) in [7, 11) is 0. The Bertz CT molecular complexity index is 979. The van der Waals surface area contributed by atoms with E-state index in [4.69, 9.17) is 11.6 Å². The summed E-state index contributed by atoms with van der Waals surface area (Å²) in [6, 6.07) is 5.63. The first-order valence-corrected chi connectivity index (χ1v) is 7.36. The van der Waals surface area contributed by atoms with Crippen molar-refractivity contribution in [2.24, 2.45) is 0 Å². The minimum absolute atomic E-state index is 0.000299. The summed E-state index contributed by atoms with van der Waals surface area (Å²) in [5.41, 5.74) is -1.33. The molecule has 0 fully saturated rings. The number of halogens is 5. The number of benzene rings is 2. The smallest absolute Gasteiger partial charge is 0.416 e. The van der Waals surface area contributed by atoms with Gasteiger partial charge in [-0.2, -0.15) is 13.2 Å². The lowest BCUT2D eigenvalue weighted by Crippen LogP contribution is -2.14. The molecule has 0 spiro atoms. The van der Waals surface area contributed by atoms with Crippen molar-refractivity contribution in [3.8, 4) is 11.4 Å². The molecule has 1 heterocycles. The monoisotopic (exact) mass is 406 g/mol. The molecule has 0 aliphatic heterocycles. The van der Waals surface area contributed by atoms with Crippen LogP contribution in [0.15, 0.2) is 39.6 Å². The number of aromatic hydroxyl groups is 1. The highest BCUT2D eigenvalue weighted by Crippen LogP contribution is 2.36. The van der Waals surface area contributed by atoms with Crippen molar-refractivity contribution in [1.82, 2.24) is 9.55 Å². The molecule has 23 heavy (non-hydrogen) atoms. The van der Waals surface area contributed by atoms with Gasteiger partial charge in [-0.1, -0.05) is 11.6 Å². The van der Waals surface area contributed by atoms with Crippen molar-refractivity contribution in [1.29, 1.82) is 0 Å². The number of rotatable bonds is 1. The van der Waals surface area contributed by atoms with Gasteiger partial charge in [-0.3, -0.25) is 4.57 Å². The molecule has 1 aromatic heterocycles. The van der Waals surface area contributed by atoms with Gasteiger partial charge >= 0.3 is 11.9 Å². The van der Waals surface area contributed by atoms with Gasteiger partial charge < -0.3 is 10.1 Å². The summed E-state index contributed by atoms with van der Waals surface area (Å²) in [6.07, 6.45) is -4.52. The van der Waals surface area contributed by atoms with Crippen LogP contribution in [0.3, 0.4) is 0 Å². The number of alkyl halides is 3. The summed E-state index contributed by atoms with van der Waals surface area (Å²) in [5.74, 6) is -0.253. The van der Waals surface area contributed by atoms with Crippen LogP contribution in [0.25, 0.3) is 16.7 Å². The number of phenols is 1. The number of nitrogens with one attached hydrogen (secondary N) is 1. The number of phenolic OH excluding ortho intramolecular Hbond substituents is 1. The maximum Gasteiger partial charge on any atom is 0.416 e. The van der Waals surface area contributed by atoms with Gasteiger partial charge in [-0.05, 0) is 46.3 Å². The summed E-state index contributed by atoms with van der Waals surface area (Å²) in [4.78, 5) is 14.5. The van der Waals surface area contributed by atoms with Crippen LogP contribution in [-0.2, 0) is 6.18 Å². The third-order valence-electron chi connectivity index (χ3n) is 3.26. The standard InChI is InChI=1S/C14H7BrClF3N2O2/c15-8-4-7(16)5-11(12(8)22)21-10-2-1-6(14(17,18)19)3-9(10)20-13(21)23/h1-5,22H,(H,20,23). The Balaban J connectivity index is 2.32. The highest BCUT2D eigenvalue weighted by molar-refractivity contribution is 9.10. The van der Waals surface area contributed by atoms with E-state index in [0.717, 1.165) is 22.8 Å². The first kappa shape index (κ1) is 15.9.